The minimum Gasteiger partial charge on any atom is -0.497 e. The molecular formula is C39H40ClF3N8O7. The van der Waals surface area contributed by atoms with Crippen LogP contribution in [0.2, 0.25) is 5.02 Å². The molecule has 5 N–H and O–H groups in total. The van der Waals surface area contributed by atoms with E-state index in [2.05, 4.69) is 41.5 Å². The van der Waals surface area contributed by atoms with Gasteiger partial charge in [-0.1, -0.05) is 35.9 Å². The van der Waals surface area contributed by atoms with Gasteiger partial charge in [-0.2, -0.15) is 28.1 Å². The van der Waals surface area contributed by atoms with E-state index in [4.69, 9.17) is 25.8 Å². The van der Waals surface area contributed by atoms with Crippen LogP contribution in [0.5, 0.6) is 11.8 Å². The Morgan fingerprint density at radius 2 is 1.62 bits per heavy atom. The molecule has 2 unspecified atom stereocenters. The second-order valence-electron chi connectivity index (χ2n) is 13.8. The predicted molar refractivity (Wildman–Crippen MR) is 205 cm³/mol. The summed E-state index contributed by atoms with van der Waals surface area (Å²) in [6, 6.07) is 18.9. The molecule has 1 heterocycles. The zero-order valence-corrected chi connectivity index (χ0v) is 32.1. The lowest BCUT2D eigenvalue weighted by molar-refractivity contribution is -0.154. The third-order valence-electron chi connectivity index (χ3n) is 9.57. The molecule has 3 aromatic carbocycles. The number of carbonyl (C=O) groups is 4. The highest BCUT2D eigenvalue weighted by Crippen LogP contribution is 2.48. The van der Waals surface area contributed by atoms with Crippen molar-refractivity contribution in [3.05, 3.63) is 94.5 Å². The van der Waals surface area contributed by atoms with Gasteiger partial charge in [-0.15, -0.1) is 0 Å². The van der Waals surface area contributed by atoms with Gasteiger partial charge in [-0.3, -0.25) is 14.4 Å². The molecule has 0 spiro atoms. The van der Waals surface area contributed by atoms with Crippen molar-refractivity contribution in [3.8, 4) is 11.8 Å². The largest absolute Gasteiger partial charge is 0.497 e. The highest BCUT2D eigenvalue weighted by Gasteiger charge is 2.45. The zero-order chi connectivity index (χ0) is 41.5. The van der Waals surface area contributed by atoms with E-state index < -0.39 is 54.1 Å². The highest BCUT2D eigenvalue weighted by atomic mass is 35.5. The fourth-order valence-corrected chi connectivity index (χ4v) is 6.33. The van der Waals surface area contributed by atoms with E-state index in [1.165, 1.54) is 24.3 Å². The third kappa shape index (κ3) is 11.2. The molecule has 0 bridgehead atoms. The zero-order valence-electron chi connectivity index (χ0n) is 31.3. The topological polar surface area (TPSA) is 195 Å². The van der Waals surface area contributed by atoms with Gasteiger partial charge in [-0.05, 0) is 97.2 Å². The summed E-state index contributed by atoms with van der Waals surface area (Å²) in [5.74, 6) is -2.09. The van der Waals surface area contributed by atoms with E-state index in [9.17, 15) is 32.3 Å². The van der Waals surface area contributed by atoms with Crippen LogP contribution in [-0.4, -0.2) is 84.8 Å². The summed E-state index contributed by atoms with van der Waals surface area (Å²) in [6.45, 7) is -1.42. The standard InChI is InChI=1S/C39H40ClF3N8O7/c1-56-28-5-3-4-23(18-28)29-19-24(29)20-45-33(54)32(53)44-17-14-30(34(55)57-2)47-31(52)22-6-12-27(13-7-22)46-35-48-36(50-37(49-35)58-21-39(41,42)43)51-38(15-16-38)25-8-10-26(40)11-9-25/h3-13,18,24,29-30H,14-17,19-21H2,1-2H3,(H,44,53)(H,45,54)(H,47,52)(H2,46,48,49,50,51)/t24?,29?,30-/m1/s1. The van der Waals surface area contributed by atoms with Gasteiger partial charge in [-0.25, -0.2) is 4.79 Å². The minimum atomic E-state index is -4.64. The summed E-state index contributed by atoms with van der Waals surface area (Å²) >= 11 is 6.04. The van der Waals surface area contributed by atoms with Crippen LogP contribution >= 0.6 is 11.6 Å². The quantitative estimate of drug-likeness (QED) is 0.0707. The molecular weight excluding hydrogens is 785 g/mol. The molecule has 4 aromatic rings. The van der Waals surface area contributed by atoms with Gasteiger partial charge >= 0.3 is 30.0 Å². The molecule has 19 heteroatoms. The Morgan fingerprint density at radius 1 is 0.914 bits per heavy atom. The number of benzene rings is 3. The van der Waals surface area contributed by atoms with Crippen LogP contribution in [0, 0.1) is 5.92 Å². The average Bonchev–Trinajstić information content (AvgIpc) is 4.15. The molecule has 0 aliphatic heterocycles. The molecule has 2 aliphatic rings. The molecule has 1 aromatic heterocycles. The normalized spacial score (nSPS) is 16.9. The number of ether oxygens (including phenoxy) is 3. The van der Waals surface area contributed by atoms with Crippen molar-refractivity contribution in [3.63, 3.8) is 0 Å². The Kier molecular flexibility index (Phi) is 12.8. The van der Waals surface area contributed by atoms with Crippen molar-refractivity contribution in [1.82, 2.24) is 30.9 Å². The first kappa shape index (κ1) is 41.5. The van der Waals surface area contributed by atoms with Crippen LogP contribution in [0.25, 0.3) is 0 Å². The van der Waals surface area contributed by atoms with Crippen LogP contribution < -0.4 is 36.1 Å². The fourth-order valence-electron chi connectivity index (χ4n) is 6.21. The lowest BCUT2D eigenvalue weighted by atomic mass is 10.1. The van der Waals surface area contributed by atoms with Gasteiger partial charge in [0.25, 0.3) is 5.91 Å². The highest BCUT2D eigenvalue weighted by molar-refractivity contribution is 6.35. The molecule has 2 fully saturated rings. The number of hydrogen-bond donors (Lipinski definition) is 5. The summed E-state index contributed by atoms with van der Waals surface area (Å²) in [6.07, 6.45) is -2.43. The molecule has 3 amide bonds. The molecule has 15 nitrogen and oxygen atoms in total. The van der Waals surface area contributed by atoms with Crippen molar-refractivity contribution in [2.45, 2.75) is 49.4 Å². The van der Waals surface area contributed by atoms with E-state index >= 15 is 0 Å². The van der Waals surface area contributed by atoms with Crippen molar-refractivity contribution < 1.29 is 46.6 Å². The maximum atomic E-state index is 13.1. The third-order valence-corrected chi connectivity index (χ3v) is 9.82. The SMILES string of the molecule is COC(=O)[C@@H](CCNC(=O)C(=O)NCC1CC1c1cccc(OC)c1)NC(=O)c1ccc(Nc2nc(NC3(c4ccc(Cl)cc4)CC3)nc(OCC(F)(F)F)n2)cc1. The van der Waals surface area contributed by atoms with Crippen LogP contribution in [0.1, 0.15) is 53.1 Å². The fraction of sp³-hybridized carbons (Fsp3) is 0.359. The van der Waals surface area contributed by atoms with E-state index in [1.807, 2.05) is 36.4 Å². The number of esters is 1. The number of alkyl halides is 3. The summed E-state index contributed by atoms with van der Waals surface area (Å²) in [5.41, 5.74) is 1.93. The number of hydrogen-bond acceptors (Lipinski definition) is 12. The summed E-state index contributed by atoms with van der Waals surface area (Å²) in [7, 11) is 2.74. The van der Waals surface area contributed by atoms with Gasteiger partial charge in [0.2, 0.25) is 11.9 Å². The lowest BCUT2D eigenvalue weighted by Gasteiger charge is -2.19. The van der Waals surface area contributed by atoms with E-state index in [0.29, 0.717) is 30.1 Å². The van der Waals surface area contributed by atoms with Gasteiger partial charge in [0.1, 0.15) is 11.8 Å². The number of halogens is 4. The Balaban J connectivity index is 1.01. The van der Waals surface area contributed by atoms with Gasteiger partial charge < -0.3 is 40.8 Å². The first-order valence-electron chi connectivity index (χ1n) is 18.2. The molecule has 2 saturated carbocycles. The Morgan fingerprint density at radius 3 is 2.29 bits per heavy atom. The second-order valence-corrected chi connectivity index (χ2v) is 14.2. The molecule has 6 rings (SSSR count). The van der Waals surface area contributed by atoms with Crippen LogP contribution in [0.3, 0.4) is 0 Å². The number of amides is 3. The van der Waals surface area contributed by atoms with Gasteiger partial charge in [0, 0.05) is 29.4 Å². The number of nitrogens with zero attached hydrogens (tertiary/aromatic N) is 3. The monoisotopic (exact) mass is 824 g/mol. The number of anilines is 3. The Labute approximate surface area is 335 Å². The maximum Gasteiger partial charge on any atom is 0.422 e. The summed E-state index contributed by atoms with van der Waals surface area (Å²) < 4.78 is 53.9. The Hall–Kier alpha value is -6.17. The van der Waals surface area contributed by atoms with E-state index in [1.54, 1.807) is 19.2 Å². The minimum absolute atomic E-state index is 0.0271. The van der Waals surface area contributed by atoms with Crippen molar-refractivity contribution in [2.75, 3.05) is 44.5 Å². The van der Waals surface area contributed by atoms with Crippen molar-refractivity contribution in [1.29, 1.82) is 0 Å². The van der Waals surface area contributed by atoms with Crippen LogP contribution in [-0.2, 0) is 24.7 Å². The molecule has 3 atom stereocenters. The number of methoxy groups -OCH3 is 2. The van der Waals surface area contributed by atoms with E-state index in [-0.39, 0.29) is 42.3 Å². The lowest BCUT2D eigenvalue weighted by Crippen LogP contribution is -2.45. The number of rotatable bonds is 17. The van der Waals surface area contributed by atoms with Crippen LogP contribution in [0.4, 0.5) is 30.8 Å². The number of aromatic nitrogens is 3. The Bertz CT molecular complexity index is 2120. The summed E-state index contributed by atoms with van der Waals surface area (Å²) in [5, 5.41) is 14.3. The van der Waals surface area contributed by atoms with Gasteiger partial charge in [0.05, 0.1) is 19.8 Å². The first-order valence-corrected chi connectivity index (χ1v) is 18.6. The molecule has 0 radical (unpaired) electrons. The van der Waals surface area contributed by atoms with Crippen LogP contribution in [0.15, 0.2) is 72.8 Å². The molecule has 2 aliphatic carbocycles. The molecule has 58 heavy (non-hydrogen) atoms. The molecule has 0 saturated heterocycles. The molecule has 306 valence electrons. The summed E-state index contributed by atoms with van der Waals surface area (Å²) in [4.78, 5) is 62.9. The van der Waals surface area contributed by atoms with Gasteiger partial charge in [0.15, 0.2) is 6.61 Å². The predicted octanol–water partition coefficient (Wildman–Crippen LogP) is 5.02. The number of nitrogens with one attached hydrogen (secondary N) is 5. The second kappa shape index (κ2) is 18.0. The van der Waals surface area contributed by atoms with Crippen molar-refractivity contribution in [2.24, 2.45) is 5.92 Å². The first-order chi connectivity index (χ1) is 27.7. The number of carbonyl (C=O) groups excluding carboxylic acids is 4. The smallest absolute Gasteiger partial charge is 0.422 e. The van der Waals surface area contributed by atoms with Crippen molar-refractivity contribution >= 4 is 52.9 Å². The van der Waals surface area contributed by atoms with E-state index in [0.717, 1.165) is 30.4 Å². The average molecular weight is 825 g/mol. The maximum absolute atomic E-state index is 13.1.